The molecule has 0 spiro atoms. The Hall–Kier alpha value is -2.15. The predicted octanol–water partition coefficient (Wildman–Crippen LogP) is 0.261. The van der Waals surface area contributed by atoms with Crippen LogP contribution >= 0.6 is 0 Å². The Bertz CT molecular complexity index is 418. The number of aliphatic carboxylic acids is 1. The van der Waals surface area contributed by atoms with Gasteiger partial charge in [-0.1, -0.05) is 0 Å². The fourth-order valence-corrected chi connectivity index (χ4v) is 1.09. The van der Waals surface area contributed by atoms with Crippen molar-refractivity contribution in [3.63, 3.8) is 0 Å². The van der Waals surface area contributed by atoms with E-state index >= 15 is 0 Å². The number of anilines is 1. The highest BCUT2D eigenvalue weighted by atomic mass is 16.6. The Kier molecular flexibility index (Phi) is 2.86. The minimum atomic E-state index is -1.27. The lowest BCUT2D eigenvalue weighted by Crippen LogP contribution is -2.21. The summed E-state index contributed by atoms with van der Waals surface area (Å²) in [5.74, 6) is -1.24. The molecule has 5 N–H and O–H groups in total. The summed E-state index contributed by atoms with van der Waals surface area (Å²) in [6.45, 7) is 0. The maximum Gasteiger partial charge on any atom is 0.325 e. The molecule has 0 aromatic heterocycles. The molecule has 0 heterocycles. The molecule has 1 rings (SSSR count). The van der Waals surface area contributed by atoms with Crippen LogP contribution in [0.4, 0.5) is 11.4 Å². The van der Waals surface area contributed by atoms with E-state index in [1.165, 1.54) is 6.07 Å². The molecule has 0 aliphatic rings. The van der Waals surface area contributed by atoms with Crippen molar-refractivity contribution in [2.45, 2.75) is 6.04 Å². The van der Waals surface area contributed by atoms with Crippen molar-refractivity contribution < 1.29 is 14.8 Å². The van der Waals surface area contributed by atoms with Gasteiger partial charge >= 0.3 is 5.97 Å². The van der Waals surface area contributed by atoms with Gasteiger partial charge in [-0.3, -0.25) is 14.9 Å². The van der Waals surface area contributed by atoms with Crippen molar-refractivity contribution in [1.82, 2.24) is 0 Å². The number of rotatable bonds is 3. The Morgan fingerprint density at radius 2 is 2.13 bits per heavy atom. The molecule has 0 aliphatic carbocycles. The first-order valence-electron chi connectivity index (χ1n) is 3.95. The van der Waals surface area contributed by atoms with Crippen molar-refractivity contribution in [3.8, 4) is 0 Å². The molecule has 0 fully saturated rings. The van der Waals surface area contributed by atoms with Gasteiger partial charge in [-0.25, -0.2) is 0 Å². The average molecular weight is 211 g/mol. The van der Waals surface area contributed by atoms with Gasteiger partial charge in [0.2, 0.25) is 0 Å². The van der Waals surface area contributed by atoms with Crippen LogP contribution in [0.1, 0.15) is 11.6 Å². The van der Waals surface area contributed by atoms with Crippen LogP contribution in [0.15, 0.2) is 18.2 Å². The van der Waals surface area contributed by atoms with E-state index < -0.39 is 16.9 Å². The average Bonchev–Trinajstić information content (AvgIpc) is 2.16. The molecular weight excluding hydrogens is 202 g/mol. The van der Waals surface area contributed by atoms with Crippen LogP contribution in [-0.2, 0) is 4.79 Å². The monoisotopic (exact) mass is 211 g/mol. The molecule has 0 unspecified atom stereocenters. The van der Waals surface area contributed by atoms with E-state index in [0.29, 0.717) is 0 Å². The number of non-ortho nitro benzene ring substituents is 1. The van der Waals surface area contributed by atoms with Gasteiger partial charge in [0.1, 0.15) is 6.04 Å². The zero-order chi connectivity index (χ0) is 11.6. The van der Waals surface area contributed by atoms with E-state index in [0.717, 1.165) is 12.1 Å². The number of nitrogens with zero attached hydrogens (tertiary/aromatic N) is 1. The molecule has 0 aliphatic heterocycles. The third-order valence-electron chi connectivity index (χ3n) is 1.88. The summed E-state index contributed by atoms with van der Waals surface area (Å²) in [5, 5.41) is 19.0. The number of nitro groups is 1. The zero-order valence-corrected chi connectivity index (χ0v) is 7.58. The molecule has 7 heteroatoms. The molecule has 15 heavy (non-hydrogen) atoms. The van der Waals surface area contributed by atoms with Crippen molar-refractivity contribution in [3.05, 3.63) is 33.9 Å². The summed E-state index contributed by atoms with van der Waals surface area (Å²) in [4.78, 5) is 20.3. The number of nitrogens with two attached hydrogens (primary N) is 2. The first-order valence-corrected chi connectivity index (χ1v) is 3.95. The second-order valence-corrected chi connectivity index (χ2v) is 2.89. The molecule has 1 aromatic carbocycles. The second-order valence-electron chi connectivity index (χ2n) is 2.89. The first-order chi connectivity index (χ1) is 6.93. The Balaban J connectivity index is 3.13. The van der Waals surface area contributed by atoms with Gasteiger partial charge < -0.3 is 16.6 Å². The minimum absolute atomic E-state index is 0.000833. The molecular formula is C8H9N3O4. The summed E-state index contributed by atoms with van der Waals surface area (Å²) >= 11 is 0. The Morgan fingerprint density at radius 3 is 2.53 bits per heavy atom. The lowest BCUT2D eigenvalue weighted by atomic mass is 10.1. The van der Waals surface area contributed by atoms with Gasteiger partial charge in [0.05, 0.1) is 4.92 Å². The largest absolute Gasteiger partial charge is 0.480 e. The fraction of sp³-hybridized carbons (Fsp3) is 0.125. The number of carboxylic acids is 1. The lowest BCUT2D eigenvalue weighted by Gasteiger charge is -2.09. The maximum atomic E-state index is 10.6. The number of benzene rings is 1. The lowest BCUT2D eigenvalue weighted by molar-refractivity contribution is -0.384. The summed E-state index contributed by atoms with van der Waals surface area (Å²) in [6, 6.07) is 2.21. The third kappa shape index (κ3) is 2.20. The van der Waals surface area contributed by atoms with E-state index in [2.05, 4.69) is 0 Å². The summed E-state index contributed by atoms with van der Waals surface area (Å²) < 4.78 is 0. The summed E-state index contributed by atoms with van der Waals surface area (Å²) in [5.41, 5.74) is 10.7. The SMILES string of the molecule is Nc1cc([N+](=O)[O-])ccc1[C@H](N)C(=O)O. The van der Waals surface area contributed by atoms with Crippen LogP contribution in [0.3, 0.4) is 0 Å². The fourth-order valence-electron chi connectivity index (χ4n) is 1.09. The van der Waals surface area contributed by atoms with Crippen molar-refractivity contribution in [2.75, 3.05) is 5.73 Å². The highest BCUT2D eigenvalue weighted by Gasteiger charge is 2.18. The van der Waals surface area contributed by atoms with Crippen LogP contribution in [0, 0.1) is 10.1 Å². The number of nitro benzene ring substituents is 1. The van der Waals surface area contributed by atoms with Gasteiger partial charge in [-0.15, -0.1) is 0 Å². The zero-order valence-electron chi connectivity index (χ0n) is 7.58. The summed E-state index contributed by atoms with van der Waals surface area (Å²) in [7, 11) is 0. The van der Waals surface area contributed by atoms with Crippen molar-refractivity contribution in [2.24, 2.45) is 5.73 Å². The number of hydrogen-bond donors (Lipinski definition) is 3. The topological polar surface area (TPSA) is 132 Å². The van der Waals surface area contributed by atoms with Crippen LogP contribution in [-0.4, -0.2) is 16.0 Å². The van der Waals surface area contributed by atoms with Gasteiger partial charge in [0.15, 0.2) is 0 Å². The standard InChI is InChI=1S/C8H9N3O4/c9-6-3-4(11(14)15)1-2-5(6)7(10)8(12)13/h1-3,7H,9-10H2,(H,12,13)/t7-/m0/s1. The van der Waals surface area contributed by atoms with Gasteiger partial charge in [-0.2, -0.15) is 0 Å². The Morgan fingerprint density at radius 1 is 1.53 bits per heavy atom. The minimum Gasteiger partial charge on any atom is -0.480 e. The molecule has 0 radical (unpaired) electrons. The van der Waals surface area contributed by atoms with E-state index in [9.17, 15) is 14.9 Å². The number of carbonyl (C=O) groups is 1. The van der Waals surface area contributed by atoms with Gasteiger partial charge in [0.25, 0.3) is 5.69 Å². The molecule has 1 aromatic rings. The van der Waals surface area contributed by atoms with E-state index in [1.54, 1.807) is 0 Å². The van der Waals surface area contributed by atoms with Gasteiger partial charge in [0, 0.05) is 23.4 Å². The molecule has 0 bridgehead atoms. The van der Waals surface area contributed by atoms with Gasteiger partial charge in [-0.05, 0) is 6.07 Å². The molecule has 7 nitrogen and oxygen atoms in total. The molecule has 1 atom stereocenters. The van der Waals surface area contributed by atoms with Crippen LogP contribution in [0.25, 0.3) is 0 Å². The van der Waals surface area contributed by atoms with Crippen LogP contribution < -0.4 is 11.5 Å². The van der Waals surface area contributed by atoms with E-state index in [1.807, 2.05) is 0 Å². The molecule has 80 valence electrons. The highest BCUT2D eigenvalue weighted by Crippen LogP contribution is 2.23. The van der Waals surface area contributed by atoms with Crippen molar-refractivity contribution >= 4 is 17.3 Å². The molecule has 0 saturated carbocycles. The molecule has 0 saturated heterocycles. The summed E-state index contributed by atoms with van der Waals surface area (Å²) in [6.07, 6.45) is 0. The van der Waals surface area contributed by atoms with E-state index in [-0.39, 0.29) is 16.9 Å². The second kappa shape index (κ2) is 3.93. The van der Waals surface area contributed by atoms with Crippen molar-refractivity contribution in [1.29, 1.82) is 0 Å². The predicted molar refractivity (Wildman–Crippen MR) is 52.1 cm³/mol. The Labute approximate surface area is 84.4 Å². The van der Waals surface area contributed by atoms with E-state index in [4.69, 9.17) is 16.6 Å². The smallest absolute Gasteiger partial charge is 0.325 e. The molecule has 0 amide bonds. The number of nitrogen functional groups attached to an aromatic ring is 1. The highest BCUT2D eigenvalue weighted by molar-refractivity contribution is 5.78. The third-order valence-corrected chi connectivity index (χ3v) is 1.88. The van der Waals surface area contributed by atoms with Crippen LogP contribution in [0.5, 0.6) is 0 Å². The maximum absolute atomic E-state index is 10.6. The quantitative estimate of drug-likeness (QED) is 0.373. The normalized spacial score (nSPS) is 12.1. The van der Waals surface area contributed by atoms with Crippen LogP contribution in [0.2, 0.25) is 0 Å². The number of carboxylic acid groups (broad SMARTS) is 1. The first kappa shape index (κ1) is 10.9. The number of hydrogen-bond acceptors (Lipinski definition) is 5.